The summed E-state index contributed by atoms with van der Waals surface area (Å²) < 4.78 is 49.6. The topological polar surface area (TPSA) is 79.2 Å². The maximum Gasteiger partial charge on any atom is 0.416 e. The standard InChI is InChI=1S/C15H17F3O5/c16-15(17,18)9-1-2-11-8(5-9)7-22-14(11)13(21)12(20)6-10(23-14)3-4-19/h1-2,5,10,12-13,19-21H,3-4,6-7H2/t10-,12+,13-,14-/m1/s1. The summed E-state index contributed by atoms with van der Waals surface area (Å²) in [5.74, 6) is -1.70. The summed E-state index contributed by atoms with van der Waals surface area (Å²) in [4.78, 5) is 0. The van der Waals surface area contributed by atoms with Gasteiger partial charge in [-0.25, -0.2) is 0 Å². The summed E-state index contributed by atoms with van der Waals surface area (Å²) in [6, 6.07) is 3.07. The molecule has 8 heteroatoms. The second kappa shape index (κ2) is 5.71. The molecular weight excluding hydrogens is 317 g/mol. The number of halogens is 3. The summed E-state index contributed by atoms with van der Waals surface area (Å²) in [6.07, 6.45) is -7.28. The van der Waals surface area contributed by atoms with Crippen molar-refractivity contribution in [3.63, 3.8) is 0 Å². The van der Waals surface area contributed by atoms with Crippen molar-refractivity contribution in [1.29, 1.82) is 0 Å². The third kappa shape index (κ3) is 2.74. The van der Waals surface area contributed by atoms with Crippen molar-refractivity contribution < 1.29 is 38.0 Å². The van der Waals surface area contributed by atoms with Crippen molar-refractivity contribution in [2.24, 2.45) is 0 Å². The maximum atomic E-state index is 12.8. The maximum absolute atomic E-state index is 12.8. The van der Waals surface area contributed by atoms with E-state index in [0.29, 0.717) is 0 Å². The lowest BCUT2D eigenvalue weighted by Gasteiger charge is -2.44. The highest BCUT2D eigenvalue weighted by Crippen LogP contribution is 2.47. The van der Waals surface area contributed by atoms with Crippen molar-refractivity contribution in [2.75, 3.05) is 6.61 Å². The van der Waals surface area contributed by atoms with Gasteiger partial charge in [-0.1, -0.05) is 6.07 Å². The lowest BCUT2D eigenvalue weighted by molar-refractivity contribution is -0.345. The van der Waals surface area contributed by atoms with Gasteiger partial charge >= 0.3 is 6.18 Å². The van der Waals surface area contributed by atoms with Crippen molar-refractivity contribution in [2.45, 2.75) is 49.7 Å². The Labute approximate surface area is 130 Å². The largest absolute Gasteiger partial charge is 0.416 e. The van der Waals surface area contributed by atoms with Crippen molar-refractivity contribution in [1.82, 2.24) is 0 Å². The van der Waals surface area contributed by atoms with Crippen molar-refractivity contribution >= 4 is 0 Å². The molecule has 2 aliphatic heterocycles. The number of aliphatic hydroxyl groups excluding tert-OH is 3. The van der Waals surface area contributed by atoms with Crippen LogP contribution in [-0.2, 0) is 28.0 Å². The Bertz CT molecular complexity index is 591. The number of rotatable bonds is 2. The molecule has 1 aromatic rings. The van der Waals surface area contributed by atoms with Crippen LogP contribution in [0.25, 0.3) is 0 Å². The predicted octanol–water partition coefficient (Wildman–Crippen LogP) is 1.28. The number of alkyl halides is 3. The van der Waals surface area contributed by atoms with Gasteiger partial charge in [0.1, 0.15) is 6.10 Å². The van der Waals surface area contributed by atoms with E-state index in [0.717, 1.165) is 12.1 Å². The number of hydrogen-bond donors (Lipinski definition) is 3. The minimum absolute atomic E-state index is 0.114. The smallest absolute Gasteiger partial charge is 0.396 e. The lowest BCUT2D eigenvalue weighted by Crippen LogP contribution is -2.55. The van der Waals surface area contributed by atoms with E-state index in [9.17, 15) is 23.4 Å². The fourth-order valence-corrected chi connectivity index (χ4v) is 3.17. The van der Waals surface area contributed by atoms with E-state index < -0.39 is 35.8 Å². The number of benzene rings is 1. The molecule has 2 aliphatic rings. The van der Waals surface area contributed by atoms with Crippen LogP contribution in [-0.4, -0.2) is 40.2 Å². The average Bonchev–Trinajstić information content (AvgIpc) is 2.83. The minimum atomic E-state index is -4.48. The van der Waals surface area contributed by atoms with E-state index >= 15 is 0 Å². The Morgan fingerprint density at radius 2 is 2.00 bits per heavy atom. The molecule has 128 valence electrons. The Balaban J connectivity index is 1.98. The molecule has 1 aromatic carbocycles. The molecule has 1 spiro atoms. The van der Waals surface area contributed by atoms with Gasteiger partial charge in [0, 0.05) is 18.6 Å². The van der Waals surface area contributed by atoms with Gasteiger partial charge < -0.3 is 24.8 Å². The number of ether oxygens (including phenoxy) is 2. The minimum Gasteiger partial charge on any atom is -0.396 e. The molecule has 0 aliphatic carbocycles. The van der Waals surface area contributed by atoms with E-state index in [2.05, 4.69) is 0 Å². The fraction of sp³-hybridized carbons (Fsp3) is 0.600. The van der Waals surface area contributed by atoms with Crippen LogP contribution >= 0.6 is 0 Å². The average molecular weight is 334 g/mol. The Kier molecular flexibility index (Phi) is 4.14. The van der Waals surface area contributed by atoms with E-state index in [1.54, 1.807) is 0 Å². The summed E-state index contributed by atoms with van der Waals surface area (Å²) in [6.45, 7) is -0.335. The Morgan fingerprint density at radius 3 is 2.65 bits per heavy atom. The molecule has 5 nitrogen and oxygen atoms in total. The van der Waals surface area contributed by atoms with Gasteiger partial charge in [-0.2, -0.15) is 13.2 Å². The van der Waals surface area contributed by atoms with E-state index in [1.807, 2.05) is 0 Å². The molecule has 2 heterocycles. The zero-order chi connectivity index (χ0) is 16.8. The van der Waals surface area contributed by atoms with Crippen molar-refractivity contribution in [3.05, 3.63) is 34.9 Å². The molecular formula is C15H17F3O5. The molecule has 4 atom stereocenters. The van der Waals surface area contributed by atoms with Gasteiger partial charge in [0.05, 0.1) is 24.4 Å². The van der Waals surface area contributed by atoms with Gasteiger partial charge in [0.25, 0.3) is 0 Å². The van der Waals surface area contributed by atoms with E-state index in [-0.39, 0.29) is 37.2 Å². The first-order valence-electron chi connectivity index (χ1n) is 7.27. The second-order valence-corrected chi connectivity index (χ2v) is 5.83. The van der Waals surface area contributed by atoms with E-state index in [4.69, 9.17) is 14.6 Å². The molecule has 1 saturated heterocycles. The first-order valence-corrected chi connectivity index (χ1v) is 7.27. The lowest BCUT2D eigenvalue weighted by atomic mass is 9.88. The first kappa shape index (κ1) is 16.7. The van der Waals surface area contributed by atoms with Crippen LogP contribution in [0.15, 0.2) is 18.2 Å². The first-order chi connectivity index (χ1) is 10.8. The van der Waals surface area contributed by atoms with Gasteiger partial charge in [0.15, 0.2) is 0 Å². The highest BCUT2D eigenvalue weighted by atomic mass is 19.4. The molecule has 0 radical (unpaired) electrons. The third-order valence-corrected chi connectivity index (χ3v) is 4.30. The normalized spacial score (nSPS) is 33.9. The van der Waals surface area contributed by atoms with Crippen molar-refractivity contribution in [3.8, 4) is 0 Å². The van der Waals surface area contributed by atoms with Crippen LogP contribution < -0.4 is 0 Å². The van der Waals surface area contributed by atoms with Gasteiger partial charge in [-0.05, 0) is 24.1 Å². The monoisotopic (exact) mass is 334 g/mol. The van der Waals surface area contributed by atoms with Crippen LogP contribution in [0.5, 0.6) is 0 Å². The number of fused-ring (bicyclic) bond motifs is 2. The summed E-state index contributed by atoms with van der Waals surface area (Å²) in [7, 11) is 0. The summed E-state index contributed by atoms with van der Waals surface area (Å²) in [5, 5.41) is 29.4. The van der Waals surface area contributed by atoms with Gasteiger partial charge in [0.2, 0.25) is 5.79 Å². The summed E-state index contributed by atoms with van der Waals surface area (Å²) in [5.41, 5.74) is -0.273. The number of aliphatic hydroxyl groups is 3. The Morgan fingerprint density at radius 1 is 1.26 bits per heavy atom. The highest BCUT2D eigenvalue weighted by Gasteiger charge is 2.55. The fourth-order valence-electron chi connectivity index (χ4n) is 3.17. The van der Waals surface area contributed by atoms with Crippen LogP contribution in [0.2, 0.25) is 0 Å². The molecule has 3 rings (SSSR count). The van der Waals surface area contributed by atoms with Crippen LogP contribution in [0, 0.1) is 0 Å². The summed E-state index contributed by atoms with van der Waals surface area (Å²) >= 11 is 0. The molecule has 3 N–H and O–H groups in total. The molecule has 0 aromatic heterocycles. The molecule has 23 heavy (non-hydrogen) atoms. The third-order valence-electron chi connectivity index (χ3n) is 4.30. The van der Waals surface area contributed by atoms with Gasteiger partial charge in [-0.15, -0.1) is 0 Å². The molecule has 0 saturated carbocycles. The van der Waals surface area contributed by atoms with Gasteiger partial charge in [-0.3, -0.25) is 0 Å². The second-order valence-electron chi connectivity index (χ2n) is 5.83. The van der Waals surface area contributed by atoms with Crippen LogP contribution in [0.3, 0.4) is 0 Å². The molecule has 0 amide bonds. The zero-order valence-corrected chi connectivity index (χ0v) is 12.1. The van der Waals surface area contributed by atoms with E-state index in [1.165, 1.54) is 6.07 Å². The van der Waals surface area contributed by atoms with Crippen LogP contribution in [0.1, 0.15) is 29.5 Å². The molecule has 0 bridgehead atoms. The molecule has 0 unspecified atom stereocenters. The molecule has 1 fully saturated rings. The van der Waals surface area contributed by atoms with Crippen LogP contribution in [0.4, 0.5) is 13.2 Å². The zero-order valence-electron chi connectivity index (χ0n) is 12.1. The SMILES string of the molecule is OCC[C@@H]1C[C@H](O)[C@@H](O)[C@]2(OCc3cc(C(F)(F)F)ccc32)O1. The number of hydrogen-bond acceptors (Lipinski definition) is 5. The Hall–Kier alpha value is -1.19. The highest BCUT2D eigenvalue weighted by molar-refractivity contribution is 5.39. The quantitative estimate of drug-likeness (QED) is 0.759. The predicted molar refractivity (Wildman–Crippen MR) is 71.1 cm³/mol.